The molecule has 0 saturated heterocycles. The van der Waals surface area contributed by atoms with Gasteiger partial charge in [-0.3, -0.25) is 4.79 Å². The van der Waals surface area contributed by atoms with Gasteiger partial charge in [0.05, 0.1) is 34.8 Å². The summed E-state index contributed by atoms with van der Waals surface area (Å²) >= 11 is 1.52. The molecule has 1 aromatic heterocycles. The van der Waals surface area contributed by atoms with E-state index in [1.165, 1.54) is 11.8 Å². The van der Waals surface area contributed by atoms with Crippen molar-refractivity contribution < 1.29 is 9.32 Å². The van der Waals surface area contributed by atoms with Gasteiger partial charge in [-0.1, -0.05) is 5.16 Å². The van der Waals surface area contributed by atoms with Crippen LogP contribution in [-0.2, 0) is 11.3 Å². The lowest BCUT2D eigenvalue weighted by Crippen LogP contribution is -2.39. The fourth-order valence-corrected chi connectivity index (χ4v) is 3.57. The lowest BCUT2D eigenvalue weighted by atomic mass is 10.1. The first-order chi connectivity index (χ1) is 10.5. The first-order valence-corrected chi connectivity index (χ1v) is 7.83. The highest BCUT2D eigenvalue weighted by molar-refractivity contribution is 8.00. The number of carbonyl (C=O) groups is 1. The third kappa shape index (κ3) is 2.38. The molecule has 0 N–H and O–H groups in total. The van der Waals surface area contributed by atoms with Gasteiger partial charge in [0.25, 0.3) is 0 Å². The molecule has 1 aromatic carbocycles. The van der Waals surface area contributed by atoms with Gasteiger partial charge >= 0.3 is 0 Å². The number of benzene rings is 1. The topological polar surface area (TPSA) is 70.1 Å². The lowest BCUT2D eigenvalue weighted by molar-refractivity contribution is -0.118. The van der Waals surface area contributed by atoms with Gasteiger partial charge in [-0.05, 0) is 39.0 Å². The highest BCUT2D eigenvalue weighted by atomic mass is 32.2. The predicted molar refractivity (Wildman–Crippen MR) is 83.6 cm³/mol. The number of nitrogens with zero attached hydrogens (tertiary/aromatic N) is 3. The van der Waals surface area contributed by atoms with E-state index >= 15 is 0 Å². The van der Waals surface area contributed by atoms with E-state index in [2.05, 4.69) is 11.2 Å². The van der Waals surface area contributed by atoms with Crippen LogP contribution in [0.5, 0.6) is 0 Å². The number of anilines is 1. The van der Waals surface area contributed by atoms with Crippen LogP contribution in [0, 0.1) is 25.2 Å². The molecule has 1 aliphatic rings. The number of thioether (sulfide) groups is 1. The molecule has 2 aromatic rings. The van der Waals surface area contributed by atoms with Crippen LogP contribution in [-0.4, -0.2) is 16.3 Å². The van der Waals surface area contributed by atoms with Gasteiger partial charge in [0.1, 0.15) is 5.76 Å². The zero-order valence-corrected chi connectivity index (χ0v) is 13.4. The molecular weight excluding hydrogens is 298 g/mol. The van der Waals surface area contributed by atoms with Gasteiger partial charge in [0.2, 0.25) is 5.91 Å². The molecule has 0 aliphatic carbocycles. The molecule has 22 heavy (non-hydrogen) atoms. The summed E-state index contributed by atoms with van der Waals surface area (Å²) in [4.78, 5) is 15.3. The second kappa shape index (κ2) is 5.50. The van der Waals surface area contributed by atoms with Crippen molar-refractivity contribution in [2.45, 2.75) is 37.5 Å². The third-order valence-corrected chi connectivity index (χ3v) is 4.95. The van der Waals surface area contributed by atoms with Gasteiger partial charge in [-0.15, -0.1) is 11.8 Å². The molecule has 6 heteroatoms. The molecule has 1 unspecified atom stereocenters. The summed E-state index contributed by atoms with van der Waals surface area (Å²) in [5.74, 6) is 0.752. The number of aryl methyl sites for hydroxylation is 2. The highest BCUT2D eigenvalue weighted by Gasteiger charge is 2.32. The Balaban J connectivity index is 2.06. The molecule has 1 aliphatic heterocycles. The molecule has 1 amide bonds. The largest absolute Gasteiger partial charge is 0.361 e. The molecule has 112 valence electrons. The van der Waals surface area contributed by atoms with Crippen LogP contribution in [0.4, 0.5) is 5.69 Å². The molecule has 1 atom stereocenters. The maximum Gasteiger partial charge on any atom is 0.240 e. The average Bonchev–Trinajstić information content (AvgIpc) is 2.83. The number of hydrogen-bond donors (Lipinski definition) is 0. The Bertz CT molecular complexity index is 772. The molecule has 0 saturated carbocycles. The monoisotopic (exact) mass is 313 g/mol. The molecular formula is C16H15N3O2S. The van der Waals surface area contributed by atoms with E-state index in [4.69, 9.17) is 9.78 Å². The fraction of sp³-hybridized carbons (Fsp3) is 0.312. The highest BCUT2D eigenvalue weighted by Crippen LogP contribution is 2.40. The smallest absolute Gasteiger partial charge is 0.240 e. The maximum absolute atomic E-state index is 12.6. The Morgan fingerprint density at radius 3 is 2.86 bits per heavy atom. The Hall–Kier alpha value is -2.26. The minimum Gasteiger partial charge on any atom is -0.361 e. The van der Waals surface area contributed by atoms with Crippen molar-refractivity contribution in [3.8, 4) is 6.07 Å². The summed E-state index contributed by atoms with van der Waals surface area (Å²) < 4.78 is 5.19. The van der Waals surface area contributed by atoms with Gasteiger partial charge in [0.15, 0.2) is 0 Å². The second-order valence-electron chi connectivity index (χ2n) is 5.28. The Kier molecular flexibility index (Phi) is 3.67. The van der Waals surface area contributed by atoms with Crippen LogP contribution >= 0.6 is 11.8 Å². The summed E-state index contributed by atoms with van der Waals surface area (Å²) in [6, 6.07) is 7.58. The zero-order valence-electron chi connectivity index (χ0n) is 12.6. The minimum atomic E-state index is -0.152. The van der Waals surface area contributed by atoms with E-state index in [1.807, 2.05) is 26.8 Å². The minimum absolute atomic E-state index is 0.0348. The van der Waals surface area contributed by atoms with Crippen LogP contribution in [0.25, 0.3) is 0 Å². The summed E-state index contributed by atoms with van der Waals surface area (Å²) in [5.41, 5.74) is 3.03. The van der Waals surface area contributed by atoms with Crippen molar-refractivity contribution in [3.63, 3.8) is 0 Å². The molecule has 3 rings (SSSR count). The van der Waals surface area contributed by atoms with Gasteiger partial charge in [0, 0.05) is 10.5 Å². The maximum atomic E-state index is 12.6. The SMILES string of the molecule is Cc1noc(C)c1CN1C(=O)C(C)Sc2ccc(C#N)cc21. The van der Waals surface area contributed by atoms with Crippen molar-refractivity contribution in [1.82, 2.24) is 5.16 Å². The van der Waals surface area contributed by atoms with Gasteiger partial charge < -0.3 is 9.42 Å². The van der Waals surface area contributed by atoms with Crippen LogP contribution in [0.2, 0.25) is 0 Å². The van der Waals surface area contributed by atoms with Crippen molar-refractivity contribution in [2.24, 2.45) is 0 Å². The fourth-order valence-electron chi connectivity index (χ4n) is 2.53. The summed E-state index contributed by atoms with van der Waals surface area (Å²) in [6.07, 6.45) is 0. The number of hydrogen-bond acceptors (Lipinski definition) is 5. The third-order valence-electron chi connectivity index (χ3n) is 3.79. The number of amides is 1. The van der Waals surface area contributed by atoms with Crippen molar-refractivity contribution >= 4 is 23.4 Å². The van der Waals surface area contributed by atoms with E-state index in [9.17, 15) is 4.79 Å². The molecule has 5 nitrogen and oxygen atoms in total. The van der Waals surface area contributed by atoms with Crippen molar-refractivity contribution in [2.75, 3.05) is 4.90 Å². The van der Waals surface area contributed by atoms with E-state index < -0.39 is 0 Å². The number of aromatic nitrogens is 1. The normalized spacial score (nSPS) is 17.3. The van der Waals surface area contributed by atoms with E-state index in [0.717, 1.165) is 21.8 Å². The number of rotatable bonds is 2. The Morgan fingerprint density at radius 2 is 2.23 bits per heavy atom. The molecule has 2 heterocycles. The standard InChI is InChI=1S/C16H15N3O2S/c1-9-13(10(2)21-18-9)8-19-14-6-12(7-17)4-5-15(14)22-11(3)16(19)20/h4-6,11H,8H2,1-3H3. The molecule has 0 bridgehead atoms. The Labute approximate surface area is 132 Å². The van der Waals surface area contributed by atoms with E-state index in [0.29, 0.717) is 17.9 Å². The second-order valence-corrected chi connectivity index (χ2v) is 6.66. The van der Waals surface area contributed by atoms with E-state index in [1.54, 1.807) is 17.0 Å². The van der Waals surface area contributed by atoms with Crippen LogP contribution < -0.4 is 4.90 Å². The van der Waals surface area contributed by atoms with E-state index in [-0.39, 0.29) is 11.2 Å². The number of fused-ring (bicyclic) bond motifs is 1. The van der Waals surface area contributed by atoms with Crippen molar-refractivity contribution in [3.05, 3.63) is 40.8 Å². The Morgan fingerprint density at radius 1 is 1.45 bits per heavy atom. The summed E-state index contributed by atoms with van der Waals surface area (Å²) in [5, 5.41) is 12.9. The molecule has 0 fully saturated rings. The van der Waals surface area contributed by atoms with Crippen LogP contribution in [0.15, 0.2) is 27.6 Å². The summed E-state index contributed by atoms with van der Waals surface area (Å²) in [7, 11) is 0. The van der Waals surface area contributed by atoms with Gasteiger partial charge in [-0.25, -0.2) is 0 Å². The first-order valence-electron chi connectivity index (χ1n) is 6.95. The molecule has 0 radical (unpaired) electrons. The summed E-state index contributed by atoms with van der Waals surface area (Å²) in [6.45, 7) is 6.01. The average molecular weight is 313 g/mol. The quantitative estimate of drug-likeness (QED) is 0.851. The number of nitriles is 1. The molecule has 0 spiro atoms. The van der Waals surface area contributed by atoms with Crippen LogP contribution in [0.3, 0.4) is 0 Å². The van der Waals surface area contributed by atoms with Crippen molar-refractivity contribution in [1.29, 1.82) is 5.26 Å². The van der Waals surface area contributed by atoms with Crippen LogP contribution in [0.1, 0.15) is 29.5 Å². The van der Waals surface area contributed by atoms with Gasteiger partial charge in [-0.2, -0.15) is 5.26 Å². The number of carbonyl (C=O) groups excluding carboxylic acids is 1. The first kappa shape index (κ1) is 14.7. The predicted octanol–water partition coefficient (Wildman–Crippen LogP) is 3.19. The lowest BCUT2D eigenvalue weighted by Gasteiger charge is -2.32. The zero-order chi connectivity index (χ0) is 15.9.